The lowest BCUT2D eigenvalue weighted by Gasteiger charge is -2.24. The van der Waals surface area contributed by atoms with Crippen molar-refractivity contribution in [1.29, 1.82) is 0 Å². The number of nitrogens with one attached hydrogen (secondary N) is 1. The second kappa shape index (κ2) is 56.0. The lowest BCUT2D eigenvalue weighted by molar-refractivity contribution is -0.151. The van der Waals surface area contributed by atoms with Crippen molar-refractivity contribution in [1.82, 2.24) is 5.32 Å². The molecule has 0 aromatic heterocycles. The number of carbonyl (C=O) groups excluding carboxylic acids is 2. The molecule has 0 aliphatic rings. The minimum absolute atomic E-state index is 0.0673. The van der Waals surface area contributed by atoms with Gasteiger partial charge in [0.1, 0.15) is 6.10 Å². The molecule has 3 unspecified atom stereocenters. The highest BCUT2D eigenvalue weighted by Gasteiger charge is 2.24. The summed E-state index contributed by atoms with van der Waals surface area (Å²) >= 11 is 0. The van der Waals surface area contributed by atoms with Crippen LogP contribution in [0.25, 0.3) is 0 Å². The summed E-state index contributed by atoms with van der Waals surface area (Å²) in [6.45, 7) is 6.49. The molecule has 68 heavy (non-hydrogen) atoms. The van der Waals surface area contributed by atoms with Gasteiger partial charge in [-0.3, -0.25) is 9.59 Å². The zero-order valence-corrected chi connectivity index (χ0v) is 45.8. The van der Waals surface area contributed by atoms with Crippen LogP contribution >= 0.6 is 0 Å². The van der Waals surface area contributed by atoms with Gasteiger partial charge < -0.3 is 20.3 Å². The molecule has 0 aromatic carbocycles. The van der Waals surface area contributed by atoms with Gasteiger partial charge in [0, 0.05) is 6.42 Å². The van der Waals surface area contributed by atoms with Gasteiger partial charge in [-0.15, -0.1) is 0 Å². The zero-order valence-electron chi connectivity index (χ0n) is 45.8. The Balaban J connectivity index is 4.55. The molecule has 0 fully saturated rings. The predicted molar refractivity (Wildman–Crippen MR) is 296 cm³/mol. The predicted octanol–water partition coefficient (Wildman–Crippen LogP) is 18.8. The van der Waals surface area contributed by atoms with Crippen molar-refractivity contribution in [3.63, 3.8) is 0 Å². The second-order valence-corrected chi connectivity index (χ2v) is 20.8. The van der Waals surface area contributed by atoms with E-state index in [1.165, 1.54) is 193 Å². The van der Waals surface area contributed by atoms with Crippen LogP contribution in [-0.4, -0.2) is 46.9 Å². The first-order valence-electron chi connectivity index (χ1n) is 30.2. The van der Waals surface area contributed by atoms with Gasteiger partial charge in [-0.25, -0.2) is 0 Å². The number of aliphatic hydroxyl groups is 2. The van der Waals surface area contributed by atoms with E-state index < -0.39 is 18.2 Å². The molecule has 6 heteroatoms. The molecule has 0 aromatic rings. The van der Waals surface area contributed by atoms with Crippen LogP contribution < -0.4 is 5.32 Å². The third-order valence-electron chi connectivity index (χ3n) is 14.0. The Morgan fingerprint density at radius 3 is 1.16 bits per heavy atom. The Hall–Kier alpha value is -1.92. The molecule has 3 N–H and O–H groups in total. The molecule has 0 aliphatic heterocycles. The van der Waals surface area contributed by atoms with Crippen molar-refractivity contribution in [2.45, 2.75) is 341 Å². The van der Waals surface area contributed by atoms with Crippen LogP contribution in [0, 0.1) is 0 Å². The molecule has 0 aliphatic carbocycles. The number of rotatable bonds is 55. The normalized spacial score (nSPS) is 13.3. The summed E-state index contributed by atoms with van der Waals surface area (Å²) in [4.78, 5) is 26.3. The van der Waals surface area contributed by atoms with Gasteiger partial charge in [0.15, 0.2) is 0 Å². The molecule has 0 heterocycles. The van der Waals surface area contributed by atoms with E-state index in [0.29, 0.717) is 19.3 Å². The molecule has 6 nitrogen and oxygen atoms in total. The SMILES string of the molecule is CCCCC/C=C\C/C=C\C/C=C\CCCCCCC(CC(=O)NC(CO)C(O)CCCCCCCCCCCCCCC)OC(=O)CCCCCCCCCCCCCCCCCCCCC. The van der Waals surface area contributed by atoms with Gasteiger partial charge in [0.25, 0.3) is 0 Å². The van der Waals surface area contributed by atoms with Crippen LogP contribution in [0.4, 0.5) is 0 Å². The first kappa shape index (κ1) is 66.1. The minimum atomic E-state index is -0.792. The zero-order chi connectivity index (χ0) is 49.5. The van der Waals surface area contributed by atoms with E-state index in [9.17, 15) is 19.8 Å². The number of carbonyl (C=O) groups is 2. The highest BCUT2D eigenvalue weighted by molar-refractivity contribution is 5.77. The van der Waals surface area contributed by atoms with Gasteiger partial charge in [-0.2, -0.15) is 0 Å². The average molecular weight is 957 g/mol. The Labute approximate surface area is 424 Å². The van der Waals surface area contributed by atoms with Crippen LogP contribution in [0.15, 0.2) is 36.5 Å². The molecule has 0 saturated heterocycles. The van der Waals surface area contributed by atoms with E-state index in [2.05, 4.69) is 62.5 Å². The van der Waals surface area contributed by atoms with Gasteiger partial charge in [0.2, 0.25) is 5.91 Å². The van der Waals surface area contributed by atoms with Gasteiger partial charge in [-0.05, 0) is 64.2 Å². The number of unbranched alkanes of at least 4 members (excludes halogenated alkanes) is 37. The number of hydrogen-bond acceptors (Lipinski definition) is 5. The van der Waals surface area contributed by atoms with E-state index in [1.54, 1.807) is 0 Å². The van der Waals surface area contributed by atoms with Crippen molar-refractivity contribution in [2.75, 3.05) is 6.61 Å². The number of hydrogen-bond donors (Lipinski definition) is 3. The third-order valence-corrected chi connectivity index (χ3v) is 14.0. The standard InChI is InChI=1S/C62H117NO5/c1-4-7-10-13-16-19-22-25-27-29-30-32-34-37-40-43-46-49-52-55-62(67)68-58(53-50-47-44-41-38-36-33-31-28-26-23-20-17-14-11-8-5-2)56-61(66)63-59(57-64)60(65)54-51-48-45-42-39-35-24-21-18-15-12-9-6-3/h17,20,26,28,33,36,58-60,64-65H,4-16,18-19,21-25,27,29-32,34-35,37-57H2,1-3H3,(H,63,66)/b20-17-,28-26-,36-33-. The maximum Gasteiger partial charge on any atom is 0.306 e. The van der Waals surface area contributed by atoms with Crippen molar-refractivity contribution in [2.24, 2.45) is 0 Å². The quantitative estimate of drug-likeness (QED) is 0.0321. The third kappa shape index (κ3) is 50.5. The molecule has 0 spiro atoms. The summed E-state index contributed by atoms with van der Waals surface area (Å²) in [7, 11) is 0. The highest BCUT2D eigenvalue weighted by atomic mass is 16.5. The number of esters is 1. The smallest absolute Gasteiger partial charge is 0.306 e. The molecule has 0 bridgehead atoms. The summed E-state index contributed by atoms with van der Waals surface area (Å²) in [5, 5.41) is 23.9. The Morgan fingerprint density at radius 1 is 0.426 bits per heavy atom. The number of aliphatic hydroxyl groups excluding tert-OH is 2. The largest absolute Gasteiger partial charge is 0.462 e. The lowest BCUT2D eigenvalue weighted by Crippen LogP contribution is -2.46. The van der Waals surface area contributed by atoms with Crippen molar-refractivity contribution in [3.05, 3.63) is 36.5 Å². The Kier molecular flexibility index (Phi) is 54.4. The second-order valence-electron chi connectivity index (χ2n) is 20.8. The maximum absolute atomic E-state index is 13.3. The summed E-state index contributed by atoms with van der Waals surface area (Å²) in [5.41, 5.74) is 0. The van der Waals surface area contributed by atoms with E-state index in [4.69, 9.17) is 4.74 Å². The fourth-order valence-corrected chi connectivity index (χ4v) is 9.38. The van der Waals surface area contributed by atoms with Crippen LogP contribution in [0.2, 0.25) is 0 Å². The molecule has 1 amide bonds. The summed E-state index contributed by atoms with van der Waals surface area (Å²) in [6.07, 6.45) is 67.8. The van der Waals surface area contributed by atoms with Gasteiger partial charge >= 0.3 is 5.97 Å². The Bertz CT molecular complexity index is 1120. The molecule has 0 rings (SSSR count). The van der Waals surface area contributed by atoms with Crippen LogP contribution in [0.1, 0.15) is 323 Å². The van der Waals surface area contributed by atoms with Crippen molar-refractivity contribution >= 4 is 11.9 Å². The topological polar surface area (TPSA) is 95.9 Å². The van der Waals surface area contributed by atoms with E-state index in [1.807, 2.05) is 0 Å². The van der Waals surface area contributed by atoms with E-state index in [-0.39, 0.29) is 24.9 Å². The first-order valence-corrected chi connectivity index (χ1v) is 30.2. The maximum atomic E-state index is 13.3. The molecule has 400 valence electrons. The Morgan fingerprint density at radius 2 is 0.750 bits per heavy atom. The van der Waals surface area contributed by atoms with E-state index in [0.717, 1.165) is 83.5 Å². The summed E-state index contributed by atoms with van der Waals surface area (Å²) in [6, 6.07) is -0.707. The first-order chi connectivity index (χ1) is 33.5. The van der Waals surface area contributed by atoms with Gasteiger partial charge in [-0.1, -0.05) is 282 Å². The van der Waals surface area contributed by atoms with Crippen LogP contribution in [0.3, 0.4) is 0 Å². The number of allylic oxidation sites excluding steroid dienone is 6. The highest BCUT2D eigenvalue weighted by Crippen LogP contribution is 2.19. The summed E-state index contributed by atoms with van der Waals surface area (Å²) in [5.74, 6) is -0.477. The molecule has 0 saturated carbocycles. The lowest BCUT2D eigenvalue weighted by atomic mass is 10.0. The minimum Gasteiger partial charge on any atom is -0.462 e. The van der Waals surface area contributed by atoms with E-state index >= 15 is 0 Å². The summed E-state index contributed by atoms with van der Waals surface area (Å²) < 4.78 is 5.97. The van der Waals surface area contributed by atoms with Gasteiger partial charge in [0.05, 0.1) is 25.2 Å². The van der Waals surface area contributed by atoms with Crippen molar-refractivity contribution in [3.8, 4) is 0 Å². The van der Waals surface area contributed by atoms with Crippen molar-refractivity contribution < 1.29 is 24.5 Å². The molecule has 0 radical (unpaired) electrons. The van der Waals surface area contributed by atoms with Crippen LogP contribution in [-0.2, 0) is 14.3 Å². The number of amides is 1. The fourth-order valence-electron chi connectivity index (χ4n) is 9.38. The monoisotopic (exact) mass is 956 g/mol. The molecular weight excluding hydrogens is 839 g/mol. The molecule has 3 atom stereocenters. The average Bonchev–Trinajstić information content (AvgIpc) is 3.33. The van der Waals surface area contributed by atoms with Crippen LogP contribution in [0.5, 0.6) is 0 Å². The fraction of sp³-hybridized carbons (Fsp3) is 0.871. The molecular formula is C62H117NO5. The number of ether oxygens (including phenoxy) is 1.